The predicted octanol–water partition coefficient (Wildman–Crippen LogP) is 8.44. The fourth-order valence-electron chi connectivity index (χ4n) is 3.93. The monoisotopic (exact) mass is 484 g/mol. The molecule has 0 aliphatic carbocycles. The van der Waals surface area contributed by atoms with Crippen LogP contribution in [-0.2, 0) is 14.3 Å². The Bertz CT molecular complexity index is 683. The Morgan fingerprint density at radius 1 is 0.818 bits per heavy atom. The van der Waals surface area contributed by atoms with Crippen LogP contribution < -0.4 is 4.74 Å². The molecule has 1 aromatic carbocycles. The minimum atomic E-state index is -1.47. The third-order valence-corrected chi connectivity index (χ3v) is 6.63. The van der Waals surface area contributed by atoms with Crippen LogP contribution in [0.1, 0.15) is 111 Å². The van der Waals surface area contributed by atoms with Gasteiger partial charge < -0.3 is 9.47 Å². The Morgan fingerprint density at radius 2 is 1.33 bits per heavy atom. The van der Waals surface area contributed by atoms with E-state index in [1.54, 1.807) is 13.8 Å². The Morgan fingerprint density at radius 3 is 1.82 bits per heavy atom. The maximum Gasteiger partial charge on any atom is 0.329 e. The molecular formula is C27H42ClFO4. The molecule has 0 amide bonds. The van der Waals surface area contributed by atoms with E-state index in [0.717, 1.165) is 25.3 Å². The number of halogens is 2. The lowest BCUT2D eigenvalue weighted by Crippen LogP contribution is -2.42. The van der Waals surface area contributed by atoms with Gasteiger partial charge in [-0.05, 0) is 31.4 Å². The summed E-state index contributed by atoms with van der Waals surface area (Å²) in [5, 5.41) is -0.0192. The molecule has 0 radical (unpaired) electrons. The fourth-order valence-corrected chi connectivity index (χ4v) is 4.13. The van der Waals surface area contributed by atoms with Gasteiger partial charge >= 0.3 is 11.9 Å². The van der Waals surface area contributed by atoms with Crippen molar-refractivity contribution in [2.45, 2.75) is 111 Å². The van der Waals surface area contributed by atoms with Crippen molar-refractivity contribution in [2.24, 2.45) is 5.41 Å². The molecule has 1 rings (SSSR count). The Balaban J connectivity index is 2.34. The number of para-hydroxylation sites is 1. The van der Waals surface area contributed by atoms with E-state index in [2.05, 4.69) is 6.92 Å². The Hall–Kier alpha value is -1.62. The average Bonchev–Trinajstić information content (AvgIpc) is 2.80. The summed E-state index contributed by atoms with van der Waals surface area (Å²) < 4.78 is 24.7. The molecule has 0 bridgehead atoms. The third-order valence-electron chi connectivity index (χ3n) is 6.33. The Labute approximate surface area is 204 Å². The second kappa shape index (κ2) is 16.9. The molecule has 0 aliphatic heterocycles. The zero-order valence-electron chi connectivity index (χ0n) is 20.7. The van der Waals surface area contributed by atoms with Gasteiger partial charge in [0.05, 0.1) is 11.6 Å². The maximum absolute atomic E-state index is 14.0. The van der Waals surface area contributed by atoms with Crippen LogP contribution in [0.15, 0.2) is 18.2 Å². The van der Waals surface area contributed by atoms with Crippen molar-refractivity contribution < 1.29 is 23.5 Å². The standard InChI is InChI=1S/C27H42ClFO4/c1-4-7-8-9-10-11-12-13-14-15-16-17-21-32-25(30)27(5-2,6-3)26(31)33-24-22(28)19-18-20-23(24)29/h18-20H,4-17,21H2,1-3H3. The summed E-state index contributed by atoms with van der Waals surface area (Å²) >= 11 is 5.95. The summed E-state index contributed by atoms with van der Waals surface area (Å²) in [7, 11) is 0. The van der Waals surface area contributed by atoms with E-state index in [4.69, 9.17) is 21.1 Å². The van der Waals surface area contributed by atoms with Crippen molar-refractivity contribution in [2.75, 3.05) is 6.61 Å². The number of carbonyl (C=O) groups is 2. The minimum Gasteiger partial charge on any atom is -0.465 e. The van der Waals surface area contributed by atoms with Gasteiger partial charge in [0.25, 0.3) is 0 Å². The van der Waals surface area contributed by atoms with Crippen molar-refractivity contribution in [3.63, 3.8) is 0 Å². The summed E-state index contributed by atoms with van der Waals surface area (Å²) in [5.74, 6) is -2.56. The molecule has 0 saturated carbocycles. The summed E-state index contributed by atoms with van der Waals surface area (Å²) in [6, 6.07) is 4.00. The number of benzene rings is 1. The van der Waals surface area contributed by atoms with Gasteiger partial charge in [0.2, 0.25) is 0 Å². The first-order chi connectivity index (χ1) is 15.9. The molecule has 0 heterocycles. The van der Waals surface area contributed by atoms with Gasteiger partial charge in [-0.25, -0.2) is 4.39 Å². The molecule has 1 aromatic rings. The van der Waals surface area contributed by atoms with Crippen molar-refractivity contribution >= 4 is 23.5 Å². The molecule has 0 aromatic heterocycles. The highest BCUT2D eigenvalue weighted by Crippen LogP contribution is 2.34. The second-order valence-electron chi connectivity index (χ2n) is 8.75. The van der Waals surface area contributed by atoms with E-state index in [0.29, 0.717) is 0 Å². The van der Waals surface area contributed by atoms with Gasteiger partial charge in [0, 0.05) is 0 Å². The molecule has 188 valence electrons. The summed E-state index contributed by atoms with van der Waals surface area (Å²) in [6.07, 6.45) is 15.1. The summed E-state index contributed by atoms with van der Waals surface area (Å²) in [5.41, 5.74) is -1.47. The fraction of sp³-hybridized carbons (Fsp3) is 0.704. The zero-order valence-corrected chi connectivity index (χ0v) is 21.5. The van der Waals surface area contributed by atoms with Crippen LogP contribution in [0, 0.1) is 11.2 Å². The van der Waals surface area contributed by atoms with Crippen LogP contribution in [-0.4, -0.2) is 18.5 Å². The van der Waals surface area contributed by atoms with Gasteiger partial charge in [-0.1, -0.05) is 109 Å². The van der Waals surface area contributed by atoms with Crippen molar-refractivity contribution in [1.29, 1.82) is 0 Å². The number of hydrogen-bond donors (Lipinski definition) is 0. The highest BCUT2D eigenvalue weighted by atomic mass is 35.5. The van der Waals surface area contributed by atoms with Crippen molar-refractivity contribution in [3.8, 4) is 5.75 Å². The smallest absolute Gasteiger partial charge is 0.329 e. The van der Waals surface area contributed by atoms with Crippen LogP contribution in [0.3, 0.4) is 0 Å². The number of hydrogen-bond acceptors (Lipinski definition) is 4. The first-order valence-corrected chi connectivity index (χ1v) is 13.1. The molecule has 0 saturated heterocycles. The van der Waals surface area contributed by atoms with Crippen LogP contribution in [0.5, 0.6) is 5.75 Å². The number of unbranched alkanes of at least 4 members (excludes halogenated alkanes) is 11. The van der Waals surface area contributed by atoms with E-state index >= 15 is 0 Å². The summed E-state index contributed by atoms with van der Waals surface area (Å²) in [6.45, 7) is 5.95. The highest BCUT2D eigenvalue weighted by Gasteiger charge is 2.46. The van der Waals surface area contributed by atoms with Crippen molar-refractivity contribution in [1.82, 2.24) is 0 Å². The number of rotatable bonds is 18. The lowest BCUT2D eigenvalue weighted by molar-refractivity contribution is -0.168. The quantitative estimate of drug-likeness (QED) is 0.0907. The lowest BCUT2D eigenvalue weighted by Gasteiger charge is -2.27. The number of carbonyl (C=O) groups excluding carboxylic acids is 2. The largest absolute Gasteiger partial charge is 0.465 e. The van der Waals surface area contributed by atoms with Crippen LogP contribution in [0.25, 0.3) is 0 Å². The van der Waals surface area contributed by atoms with Crippen LogP contribution in [0.2, 0.25) is 5.02 Å². The number of ether oxygens (including phenoxy) is 2. The molecule has 6 heteroatoms. The molecule has 33 heavy (non-hydrogen) atoms. The number of esters is 2. The van der Waals surface area contributed by atoms with Gasteiger partial charge in [-0.3, -0.25) is 9.59 Å². The molecule has 0 unspecified atom stereocenters. The van der Waals surface area contributed by atoms with Gasteiger partial charge in [-0.2, -0.15) is 0 Å². The Kier molecular flexibility index (Phi) is 15.1. The molecule has 0 aliphatic rings. The van der Waals surface area contributed by atoms with E-state index in [1.807, 2.05) is 0 Å². The SMILES string of the molecule is CCCCCCCCCCCCCCOC(=O)C(CC)(CC)C(=O)Oc1c(F)cccc1Cl. The maximum atomic E-state index is 14.0. The second-order valence-corrected chi connectivity index (χ2v) is 9.16. The molecule has 0 spiro atoms. The van der Waals surface area contributed by atoms with Crippen molar-refractivity contribution in [3.05, 3.63) is 29.0 Å². The molecule has 0 fully saturated rings. The third kappa shape index (κ3) is 10.0. The normalized spacial score (nSPS) is 11.4. The highest BCUT2D eigenvalue weighted by molar-refractivity contribution is 6.32. The summed E-state index contributed by atoms with van der Waals surface area (Å²) in [4.78, 5) is 25.6. The lowest BCUT2D eigenvalue weighted by atomic mass is 9.82. The van der Waals surface area contributed by atoms with Gasteiger partial charge in [-0.15, -0.1) is 0 Å². The van der Waals surface area contributed by atoms with E-state index < -0.39 is 23.2 Å². The minimum absolute atomic E-state index is 0.0192. The topological polar surface area (TPSA) is 52.6 Å². The molecular weight excluding hydrogens is 443 g/mol. The first kappa shape index (κ1) is 29.4. The van der Waals surface area contributed by atoms with Gasteiger partial charge in [0.15, 0.2) is 17.0 Å². The molecule has 4 nitrogen and oxygen atoms in total. The average molecular weight is 485 g/mol. The van der Waals surface area contributed by atoms with E-state index in [1.165, 1.54) is 69.9 Å². The molecule has 0 atom stereocenters. The van der Waals surface area contributed by atoms with E-state index in [9.17, 15) is 14.0 Å². The van der Waals surface area contributed by atoms with Crippen LogP contribution >= 0.6 is 11.6 Å². The first-order valence-electron chi connectivity index (χ1n) is 12.8. The zero-order chi connectivity index (χ0) is 24.5. The van der Waals surface area contributed by atoms with Crippen LogP contribution in [0.4, 0.5) is 4.39 Å². The van der Waals surface area contributed by atoms with E-state index in [-0.39, 0.29) is 30.2 Å². The molecule has 0 N–H and O–H groups in total. The predicted molar refractivity (Wildman–Crippen MR) is 132 cm³/mol. The van der Waals surface area contributed by atoms with Gasteiger partial charge in [0.1, 0.15) is 0 Å².